The third-order valence-electron chi connectivity index (χ3n) is 2.60. The molecule has 0 aromatic rings. The van der Waals surface area contributed by atoms with E-state index in [1.165, 1.54) is 12.8 Å². The smallest absolute Gasteiger partial charge is 0.0700 e. The van der Waals surface area contributed by atoms with Crippen LogP contribution in [-0.4, -0.2) is 56.8 Å². The Kier molecular flexibility index (Phi) is 7.36. The van der Waals surface area contributed by atoms with Crippen molar-refractivity contribution in [1.29, 1.82) is 0 Å². The molecule has 0 atom stereocenters. The van der Waals surface area contributed by atoms with Crippen molar-refractivity contribution in [2.75, 3.05) is 45.9 Å². The van der Waals surface area contributed by atoms with Gasteiger partial charge >= 0.3 is 0 Å². The summed E-state index contributed by atoms with van der Waals surface area (Å²) in [5.74, 6) is 0.737. The molecule has 1 aliphatic carbocycles. The lowest BCUT2D eigenvalue weighted by atomic mass is 10.4. The molecule has 0 heterocycles. The molecule has 1 fully saturated rings. The molecule has 90 valence electrons. The first-order chi connectivity index (χ1) is 7.38. The van der Waals surface area contributed by atoms with Gasteiger partial charge in [-0.2, -0.15) is 0 Å². The molecule has 0 amide bonds. The number of nitrogens with zero attached hydrogens (tertiary/aromatic N) is 1. The lowest BCUT2D eigenvalue weighted by Gasteiger charge is -2.20. The molecule has 0 bridgehead atoms. The molecule has 0 radical (unpaired) electrons. The van der Waals surface area contributed by atoms with Crippen molar-refractivity contribution in [1.82, 2.24) is 4.90 Å². The fourth-order valence-electron chi connectivity index (χ4n) is 1.64. The van der Waals surface area contributed by atoms with Crippen molar-refractivity contribution in [3.8, 4) is 0 Å². The highest BCUT2D eigenvalue weighted by molar-refractivity contribution is 6.18. The van der Waals surface area contributed by atoms with E-state index in [2.05, 4.69) is 4.90 Å². The van der Waals surface area contributed by atoms with E-state index in [9.17, 15) is 0 Å². The van der Waals surface area contributed by atoms with Gasteiger partial charge in [-0.3, -0.25) is 4.90 Å². The number of rotatable bonds is 10. The summed E-state index contributed by atoms with van der Waals surface area (Å²) in [7, 11) is 1.69. The van der Waals surface area contributed by atoms with Crippen molar-refractivity contribution < 1.29 is 9.47 Å². The number of methoxy groups -OCH3 is 1. The number of alkyl halides is 1. The topological polar surface area (TPSA) is 21.7 Å². The summed E-state index contributed by atoms with van der Waals surface area (Å²) in [6.45, 7) is 4.35. The van der Waals surface area contributed by atoms with Gasteiger partial charge in [0.15, 0.2) is 0 Å². The van der Waals surface area contributed by atoms with E-state index >= 15 is 0 Å². The van der Waals surface area contributed by atoms with Crippen LogP contribution >= 0.6 is 11.6 Å². The monoisotopic (exact) mass is 235 g/mol. The summed E-state index contributed by atoms with van der Waals surface area (Å²) in [5, 5.41) is 0. The molecule has 0 N–H and O–H groups in total. The maximum absolute atomic E-state index is 5.76. The van der Waals surface area contributed by atoms with Gasteiger partial charge in [0.2, 0.25) is 0 Å². The van der Waals surface area contributed by atoms with Gasteiger partial charge in [0.25, 0.3) is 0 Å². The highest BCUT2D eigenvalue weighted by atomic mass is 35.5. The van der Waals surface area contributed by atoms with Crippen LogP contribution < -0.4 is 0 Å². The van der Waals surface area contributed by atoms with Crippen LogP contribution in [0.25, 0.3) is 0 Å². The third-order valence-corrected chi connectivity index (χ3v) is 2.77. The molecule has 1 aliphatic rings. The van der Waals surface area contributed by atoms with Crippen molar-refractivity contribution in [2.45, 2.75) is 25.3 Å². The Hall–Kier alpha value is 0.170. The molecule has 1 rings (SSSR count). The minimum atomic E-state index is 0.689. The molecule has 0 aromatic heterocycles. The Balaban J connectivity index is 1.92. The predicted molar refractivity (Wildman–Crippen MR) is 62.6 cm³/mol. The SMILES string of the molecule is COCCOCCCN(CCCl)C1CC1. The van der Waals surface area contributed by atoms with Crippen LogP contribution in [-0.2, 0) is 9.47 Å². The zero-order valence-electron chi connectivity index (χ0n) is 9.58. The molecule has 15 heavy (non-hydrogen) atoms. The van der Waals surface area contributed by atoms with Crippen LogP contribution in [0.1, 0.15) is 19.3 Å². The van der Waals surface area contributed by atoms with Crippen LogP contribution in [0.4, 0.5) is 0 Å². The van der Waals surface area contributed by atoms with Crippen LogP contribution in [0.5, 0.6) is 0 Å². The maximum atomic E-state index is 5.76. The summed E-state index contributed by atoms with van der Waals surface area (Å²) in [5.41, 5.74) is 0. The Bertz CT molecular complexity index is 154. The maximum Gasteiger partial charge on any atom is 0.0700 e. The van der Waals surface area contributed by atoms with Gasteiger partial charge in [0, 0.05) is 38.7 Å². The second kappa shape index (κ2) is 8.34. The zero-order valence-corrected chi connectivity index (χ0v) is 10.3. The predicted octanol–water partition coefficient (Wildman–Crippen LogP) is 1.74. The van der Waals surface area contributed by atoms with E-state index in [0.717, 1.165) is 38.0 Å². The summed E-state index contributed by atoms with van der Waals surface area (Å²) in [4.78, 5) is 2.48. The molecule has 0 aliphatic heterocycles. The Morgan fingerprint density at radius 2 is 2.00 bits per heavy atom. The summed E-state index contributed by atoms with van der Waals surface area (Å²) in [6.07, 6.45) is 3.79. The summed E-state index contributed by atoms with van der Waals surface area (Å²) < 4.78 is 10.3. The quantitative estimate of drug-likeness (QED) is 0.425. The summed E-state index contributed by atoms with van der Waals surface area (Å²) in [6, 6.07) is 0.808. The lowest BCUT2D eigenvalue weighted by Crippen LogP contribution is -2.29. The molecule has 0 saturated heterocycles. The molecule has 0 aromatic carbocycles. The van der Waals surface area contributed by atoms with Crippen LogP contribution in [0.2, 0.25) is 0 Å². The minimum Gasteiger partial charge on any atom is -0.382 e. The molecule has 4 heteroatoms. The lowest BCUT2D eigenvalue weighted by molar-refractivity contribution is 0.0651. The van der Waals surface area contributed by atoms with Crippen LogP contribution in [0, 0.1) is 0 Å². The van der Waals surface area contributed by atoms with Gasteiger partial charge in [-0.25, -0.2) is 0 Å². The Labute approximate surface area is 97.7 Å². The number of hydrogen-bond donors (Lipinski definition) is 0. The molecule has 1 saturated carbocycles. The first-order valence-corrected chi connectivity index (χ1v) is 6.28. The highest BCUT2D eigenvalue weighted by Gasteiger charge is 2.27. The first kappa shape index (κ1) is 13.2. The van der Waals surface area contributed by atoms with Crippen molar-refractivity contribution in [3.63, 3.8) is 0 Å². The molecular formula is C11H22ClNO2. The first-order valence-electron chi connectivity index (χ1n) is 5.75. The van der Waals surface area contributed by atoms with Gasteiger partial charge in [0.1, 0.15) is 0 Å². The van der Waals surface area contributed by atoms with E-state index < -0.39 is 0 Å². The third kappa shape index (κ3) is 6.36. The van der Waals surface area contributed by atoms with E-state index in [1.54, 1.807) is 7.11 Å². The van der Waals surface area contributed by atoms with Gasteiger partial charge in [-0.05, 0) is 19.3 Å². The van der Waals surface area contributed by atoms with Gasteiger partial charge in [-0.15, -0.1) is 11.6 Å². The van der Waals surface area contributed by atoms with Gasteiger partial charge in [0.05, 0.1) is 13.2 Å². The van der Waals surface area contributed by atoms with E-state index in [0.29, 0.717) is 13.2 Å². The standard InChI is InChI=1S/C11H22ClNO2/c1-14-9-10-15-8-2-6-13(7-5-12)11-3-4-11/h11H,2-10H2,1H3. The largest absolute Gasteiger partial charge is 0.382 e. The normalized spacial score (nSPS) is 16.2. The number of halogens is 1. The second-order valence-electron chi connectivity index (χ2n) is 3.91. The fourth-order valence-corrected chi connectivity index (χ4v) is 1.86. The molecular weight excluding hydrogens is 214 g/mol. The van der Waals surface area contributed by atoms with Crippen LogP contribution in [0.3, 0.4) is 0 Å². The molecule has 3 nitrogen and oxygen atoms in total. The Morgan fingerprint density at radius 1 is 1.20 bits per heavy atom. The van der Waals surface area contributed by atoms with E-state index in [-0.39, 0.29) is 0 Å². The zero-order chi connectivity index (χ0) is 10.9. The molecule has 0 unspecified atom stereocenters. The van der Waals surface area contributed by atoms with Gasteiger partial charge in [-0.1, -0.05) is 0 Å². The van der Waals surface area contributed by atoms with Crippen molar-refractivity contribution in [2.24, 2.45) is 0 Å². The molecule has 0 spiro atoms. The summed E-state index contributed by atoms with van der Waals surface area (Å²) >= 11 is 5.76. The minimum absolute atomic E-state index is 0.689. The number of ether oxygens (including phenoxy) is 2. The van der Waals surface area contributed by atoms with Crippen LogP contribution in [0.15, 0.2) is 0 Å². The van der Waals surface area contributed by atoms with Crippen molar-refractivity contribution >= 4 is 11.6 Å². The second-order valence-corrected chi connectivity index (χ2v) is 4.29. The van der Waals surface area contributed by atoms with Gasteiger partial charge < -0.3 is 9.47 Å². The number of hydrogen-bond acceptors (Lipinski definition) is 3. The average molecular weight is 236 g/mol. The fraction of sp³-hybridized carbons (Fsp3) is 1.00. The highest BCUT2D eigenvalue weighted by Crippen LogP contribution is 2.26. The average Bonchev–Trinajstić information content (AvgIpc) is 3.05. The van der Waals surface area contributed by atoms with E-state index in [4.69, 9.17) is 21.1 Å². The Morgan fingerprint density at radius 3 is 2.60 bits per heavy atom. The van der Waals surface area contributed by atoms with Crippen molar-refractivity contribution in [3.05, 3.63) is 0 Å². The van der Waals surface area contributed by atoms with E-state index in [1.807, 2.05) is 0 Å².